The predicted molar refractivity (Wildman–Crippen MR) is 55.1 cm³/mol. The highest BCUT2D eigenvalue weighted by Crippen LogP contribution is 2.17. The summed E-state index contributed by atoms with van der Waals surface area (Å²) in [5.74, 6) is -0.0836. The Morgan fingerprint density at radius 3 is 2.71 bits per heavy atom. The molecule has 1 aromatic heterocycles. The Balaban J connectivity index is 2.54. The molecule has 1 aromatic rings. The fourth-order valence-corrected chi connectivity index (χ4v) is 0.979. The molecular weight excluding hydrogens is 233 g/mol. The number of halogens is 3. The molecule has 0 N–H and O–H groups in total. The van der Waals surface area contributed by atoms with Gasteiger partial charge in [0.25, 0.3) is 0 Å². The molecule has 0 aliphatic heterocycles. The summed E-state index contributed by atoms with van der Waals surface area (Å²) in [5.41, 5.74) is 0.694. The second kappa shape index (κ2) is 5.89. The summed E-state index contributed by atoms with van der Waals surface area (Å²) in [5, 5.41) is 8.29. The molecule has 0 aliphatic carbocycles. The van der Waals surface area contributed by atoms with Gasteiger partial charge in [0.1, 0.15) is 0 Å². The standard InChI is InChI=1S/C11H9F3N2O/c12-11(13,14)8-17-10-5-4-9(7-16-10)3-1-2-6-15/h1,3-5,7H,2,8H2. The Labute approximate surface area is 96.2 Å². The van der Waals surface area contributed by atoms with Crippen LogP contribution >= 0.6 is 0 Å². The first kappa shape index (κ1) is 13.0. The third-order valence-electron chi connectivity index (χ3n) is 1.66. The SMILES string of the molecule is N#CCC=Cc1ccc(OCC(F)(F)F)nc1. The number of hydrogen-bond donors (Lipinski definition) is 0. The molecule has 0 aliphatic rings. The molecule has 0 amide bonds. The minimum absolute atomic E-state index is 0.0836. The molecule has 0 unspecified atom stereocenters. The summed E-state index contributed by atoms with van der Waals surface area (Å²) in [7, 11) is 0. The van der Waals surface area contributed by atoms with Gasteiger partial charge in [0.15, 0.2) is 6.61 Å². The predicted octanol–water partition coefficient (Wildman–Crippen LogP) is 2.95. The average Bonchev–Trinajstić information content (AvgIpc) is 2.27. The number of nitrogens with zero attached hydrogens (tertiary/aromatic N) is 2. The molecule has 3 nitrogen and oxygen atoms in total. The second-order valence-corrected chi connectivity index (χ2v) is 3.10. The Hall–Kier alpha value is -2.03. The lowest BCUT2D eigenvalue weighted by Gasteiger charge is -2.07. The molecule has 0 bridgehead atoms. The number of allylic oxidation sites excluding steroid dienone is 1. The third-order valence-corrected chi connectivity index (χ3v) is 1.66. The number of pyridine rings is 1. The molecule has 0 aromatic carbocycles. The fraction of sp³-hybridized carbons (Fsp3) is 0.273. The van der Waals surface area contributed by atoms with Crippen LogP contribution in [0.1, 0.15) is 12.0 Å². The maximum absolute atomic E-state index is 11.8. The number of ether oxygens (including phenoxy) is 1. The maximum Gasteiger partial charge on any atom is 0.422 e. The van der Waals surface area contributed by atoms with Gasteiger partial charge in [0.05, 0.1) is 12.5 Å². The van der Waals surface area contributed by atoms with E-state index in [0.717, 1.165) is 0 Å². The summed E-state index contributed by atoms with van der Waals surface area (Å²) in [4.78, 5) is 3.70. The van der Waals surface area contributed by atoms with E-state index in [1.54, 1.807) is 18.2 Å². The van der Waals surface area contributed by atoms with Crippen LogP contribution in [0.2, 0.25) is 0 Å². The topological polar surface area (TPSA) is 45.9 Å². The molecule has 6 heteroatoms. The highest BCUT2D eigenvalue weighted by atomic mass is 19.4. The Morgan fingerprint density at radius 1 is 1.41 bits per heavy atom. The average molecular weight is 242 g/mol. The molecular formula is C11H9F3N2O. The molecule has 17 heavy (non-hydrogen) atoms. The highest BCUT2D eigenvalue weighted by Gasteiger charge is 2.28. The molecule has 1 heterocycles. The molecule has 1 rings (SSSR count). The van der Waals surface area contributed by atoms with Crippen molar-refractivity contribution in [1.29, 1.82) is 5.26 Å². The molecule has 0 spiro atoms. The lowest BCUT2D eigenvalue weighted by Crippen LogP contribution is -2.19. The lowest BCUT2D eigenvalue weighted by molar-refractivity contribution is -0.154. The van der Waals surface area contributed by atoms with Gasteiger partial charge in [0.2, 0.25) is 5.88 Å². The van der Waals surface area contributed by atoms with E-state index >= 15 is 0 Å². The van der Waals surface area contributed by atoms with E-state index in [-0.39, 0.29) is 12.3 Å². The first-order valence-electron chi connectivity index (χ1n) is 4.70. The zero-order valence-electron chi connectivity index (χ0n) is 8.74. The molecule has 0 saturated carbocycles. The molecule has 0 fully saturated rings. The van der Waals surface area contributed by atoms with Gasteiger partial charge in [-0.3, -0.25) is 0 Å². The number of aromatic nitrogens is 1. The fourth-order valence-electron chi connectivity index (χ4n) is 0.979. The zero-order valence-corrected chi connectivity index (χ0v) is 8.74. The number of alkyl halides is 3. The van der Waals surface area contributed by atoms with Gasteiger partial charge in [-0.05, 0) is 11.6 Å². The Morgan fingerprint density at radius 2 is 2.18 bits per heavy atom. The van der Waals surface area contributed by atoms with Crippen molar-refractivity contribution in [3.8, 4) is 11.9 Å². The van der Waals surface area contributed by atoms with Crippen LogP contribution in [0.4, 0.5) is 13.2 Å². The normalized spacial score (nSPS) is 11.4. The lowest BCUT2D eigenvalue weighted by atomic mass is 10.2. The van der Waals surface area contributed by atoms with Gasteiger partial charge in [-0.25, -0.2) is 4.98 Å². The molecule has 0 saturated heterocycles. The number of nitriles is 1. The van der Waals surface area contributed by atoms with Crippen molar-refractivity contribution >= 4 is 6.08 Å². The van der Waals surface area contributed by atoms with Crippen molar-refractivity contribution in [3.63, 3.8) is 0 Å². The van der Waals surface area contributed by atoms with E-state index < -0.39 is 12.8 Å². The summed E-state index contributed by atoms with van der Waals surface area (Å²) in [6, 6.07) is 4.84. The van der Waals surface area contributed by atoms with E-state index in [1.165, 1.54) is 12.3 Å². The van der Waals surface area contributed by atoms with E-state index in [9.17, 15) is 13.2 Å². The monoisotopic (exact) mass is 242 g/mol. The van der Waals surface area contributed by atoms with Crippen LogP contribution in [0.3, 0.4) is 0 Å². The molecule has 90 valence electrons. The summed E-state index contributed by atoms with van der Waals surface area (Å²) < 4.78 is 39.9. The molecule has 0 atom stereocenters. The van der Waals surface area contributed by atoms with Gasteiger partial charge in [-0.1, -0.05) is 12.2 Å². The van der Waals surface area contributed by atoms with Gasteiger partial charge >= 0.3 is 6.18 Å². The van der Waals surface area contributed by atoms with Crippen LogP contribution in [0.25, 0.3) is 6.08 Å². The quantitative estimate of drug-likeness (QED) is 0.815. The van der Waals surface area contributed by atoms with E-state index in [2.05, 4.69) is 9.72 Å². The van der Waals surface area contributed by atoms with Crippen LogP contribution in [0, 0.1) is 11.3 Å². The van der Waals surface area contributed by atoms with Gasteiger partial charge in [-0.2, -0.15) is 18.4 Å². The zero-order chi connectivity index (χ0) is 12.7. The number of hydrogen-bond acceptors (Lipinski definition) is 3. The summed E-state index contributed by atoms with van der Waals surface area (Å²) in [6.45, 7) is -1.36. The van der Waals surface area contributed by atoms with Crippen LogP contribution in [-0.4, -0.2) is 17.8 Å². The largest absolute Gasteiger partial charge is 0.468 e. The Kier molecular flexibility index (Phi) is 4.52. The first-order valence-corrected chi connectivity index (χ1v) is 4.70. The van der Waals surface area contributed by atoms with Crippen LogP contribution in [0.15, 0.2) is 24.4 Å². The van der Waals surface area contributed by atoms with Gasteiger partial charge in [0, 0.05) is 12.3 Å². The Bertz CT molecular complexity index is 418. The van der Waals surface area contributed by atoms with E-state index in [0.29, 0.717) is 5.56 Å². The van der Waals surface area contributed by atoms with Crippen molar-refractivity contribution in [2.75, 3.05) is 6.61 Å². The smallest absolute Gasteiger partial charge is 0.422 e. The highest BCUT2D eigenvalue weighted by molar-refractivity contribution is 5.48. The van der Waals surface area contributed by atoms with Crippen molar-refractivity contribution in [1.82, 2.24) is 4.98 Å². The maximum atomic E-state index is 11.8. The van der Waals surface area contributed by atoms with Crippen molar-refractivity contribution in [2.45, 2.75) is 12.6 Å². The van der Waals surface area contributed by atoms with Crippen molar-refractivity contribution < 1.29 is 17.9 Å². The summed E-state index contributed by atoms with van der Waals surface area (Å²) in [6.07, 6.45) is 0.565. The molecule has 0 radical (unpaired) electrons. The van der Waals surface area contributed by atoms with E-state index in [1.807, 2.05) is 6.07 Å². The van der Waals surface area contributed by atoms with Gasteiger partial charge in [-0.15, -0.1) is 0 Å². The number of rotatable bonds is 4. The minimum atomic E-state index is -4.37. The first-order chi connectivity index (χ1) is 8.01. The van der Waals surface area contributed by atoms with Crippen LogP contribution in [-0.2, 0) is 0 Å². The van der Waals surface area contributed by atoms with Crippen LogP contribution in [0.5, 0.6) is 5.88 Å². The van der Waals surface area contributed by atoms with Crippen LogP contribution < -0.4 is 4.74 Å². The van der Waals surface area contributed by atoms with Crippen molar-refractivity contribution in [2.24, 2.45) is 0 Å². The van der Waals surface area contributed by atoms with Gasteiger partial charge < -0.3 is 4.74 Å². The third kappa shape index (κ3) is 5.56. The second-order valence-electron chi connectivity index (χ2n) is 3.10. The van der Waals surface area contributed by atoms with Crippen molar-refractivity contribution in [3.05, 3.63) is 30.0 Å². The van der Waals surface area contributed by atoms with E-state index in [4.69, 9.17) is 5.26 Å². The minimum Gasteiger partial charge on any atom is -0.468 e. The summed E-state index contributed by atoms with van der Waals surface area (Å²) >= 11 is 0.